The highest BCUT2D eigenvalue weighted by Crippen LogP contribution is 2.30. The van der Waals surface area contributed by atoms with Crippen molar-refractivity contribution < 1.29 is 64.6 Å². The number of unbranched alkanes of at least 4 members (excludes halogenated alkanes) is 43. The summed E-state index contributed by atoms with van der Waals surface area (Å²) in [5.41, 5.74) is 0. The summed E-state index contributed by atoms with van der Waals surface area (Å²) >= 11 is 0. The highest BCUT2D eigenvalue weighted by atomic mass is 16.7. The number of allylic oxidation sites excluding steroid dienone is 15. The molecule has 12 unspecified atom stereocenters. The maximum Gasteiger partial charge on any atom is 0.220 e. The SMILES string of the molecule is CC/C=C\C/C=C\C/C=C\C/C=C\C/C=C\C/C=C\C/C=C\CCCCCCCCCCCCCCCCCCCCCC(=O)NC(COC1OC(CO)C(OC2OC(CO)C(O)C(O)C2O)C(O)C1O)C(O)/C=C/CCCCCCCCCCCCCCCCCCCCCCCCCC. The van der Waals surface area contributed by atoms with Crippen molar-refractivity contribution in [3.63, 3.8) is 0 Å². The summed E-state index contributed by atoms with van der Waals surface area (Å²) in [4.78, 5) is 13.4. The molecule has 2 aliphatic heterocycles. The Balaban J connectivity index is 1.58. The Bertz CT molecular complexity index is 2070. The van der Waals surface area contributed by atoms with Gasteiger partial charge in [0.05, 0.1) is 32.0 Å². The minimum absolute atomic E-state index is 0.235. The number of nitrogens with one attached hydrogen (secondary N) is 1. The zero-order chi connectivity index (χ0) is 73.0. The Kier molecular flexibility index (Phi) is 65.1. The molecule has 0 bridgehead atoms. The van der Waals surface area contributed by atoms with Crippen molar-refractivity contribution in [2.24, 2.45) is 0 Å². The fourth-order valence-corrected chi connectivity index (χ4v) is 13.5. The molecule has 0 aromatic carbocycles. The van der Waals surface area contributed by atoms with Gasteiger partial charge in [0, 0.05) is 6.42 Å². The van der Waals surface area contributed by atoms with Crippen LogP contribution in [-0.4, -0.2) is 140 Å². The molecule has 14 nitrogen and oxygen atoms in total. The third kappa shape index (κ3) is 52.5. The lowest BCUT2D eigenvalue weighted by molar-refractivity contribution is -0.359. The highest BCUT2D eigenvalue weighted by molar-refractivity contribution is 5.76. The monoisotopic (exact) mass is 1420 g/mol. The van der Waals surface area contributed by atoms with Gasteiger partial charge >= 0.3 is 0 Å². The predicted molar refractivity (Wildman–Crippen MR) is 419 cm³/mol. The normalized spacial score (nSPS) is 22.2. The van der Waals surface area contributed by atoms with E-state index >= 15 is 0 Å². The van der Waals surface area contributed by atoms with Gasteiger partial charge in [-0.15, -0.1) is 0 Å². The molecule has 0 saturated carbocycles. The maximum absolute atomic E-state index is 13.4. The van der Waals surface area contributed by atoms with Crippen LogP contribution in [0.2, 0.25) is 0 Å². The van der Waals surface area contributed by atoms with Crippen molar-refractivity contribution in [1.29, 1.82) is 0 Å². The molecule has 9 N–H and O–H groups in total. The average Bonchev–Trinajstić information content (AvgIpc) is 0.792. The number of carbonyl (C=O) groups is 1. The quantitative estimate of drug-likeness (QED) is 0.0204. The summed E-state index contributed by atoms with van der Waals surface area (Å²) in [5, 5.41) is 87.8. The molecule has 1 amide bonds. The zero-order valence-corrected chi connectivity index (χ0v) is 64.4. The molecule has 2 saturated heterocycles. The van der Waals surface area contributed by atoms with Gasteiger partial charge in [-0.1, -0.05) is 368 Å². The summed E-state index contributed by atoms with van der Waals surface area (Å²) in [6.07, 6.45) is 83.5. The van der Waals surface area contributed by atoms with Crippen molar-refractivity contribution >= 4 is 5.91 Å². The summed E-state index contributed by atoms with van der Waals surface area (Å²) in [6.45, 7) is 2.73. The molecule has 0 aromatic heterocycles. The number of hydrogen-bond donors (Lipinski definition) is 9. The fourth-order valence-electron chi connectivity index (χ4n) is 13.5. The van der Waals surface area contributed by atoms with Crippen molar-refractivity contribution in [2.75, 3.05) is 19.8 Å². The summed E-state index contributed by atoms with van der Waals surface area (Å²) in [5.74, 6) is -0.235. The zero-order valence-electron chi connectivity index (χ0n) is 64.4. The molecule has 14 heteroatoms. The van der Waals surface area contributed by atoms with Crippen LogP contribution in [0.1, 0.15) is 354 Å². The highest BCUT2D eigenvalue weighted by Gasteiger charge is 2.51. The third-order valence-electron chi connectivity index (χ3n) is 20.0. The van der Waals surface area contributed by atoms with E-state index in [1.807, 2.05) is 6.08 Å². The van der Waals surface area contributed by atoms with E-state index in [-0.39, 0.29) is 18.9 Å². The first-order valence-corrected chi connectivity index (χ1v) is 42.0. The summed E-state index contributed by atoms with van der Waals surface area (Å²) in [6, 6.07) is -0.919. The number of carbonyl (C=O) groups excluding carboxylic acids is 1. The smallest absolute Gasteiger partial charge is 0.220 e. The molecule has 586 valence electrons. The number of aliphatic hydroxyl groups excluding tert-OH is 8. The molecule has 0 aromatic rings. The molecule has 2 fully saturated rings. The molecule has 101 heavy (non-hydrogen) atoms. The van der Waals surface area contributed by atoms with Crippen molar-refractivity contribution in [1.82, 2.24) is 5.32 Å². The molecule has 2 rings (SSSR count). The first-order chi connectivity index (χ1) is 49.6. The fraction of sp³-hybridized carbons (Fsp3) is 0.805. The van der Waals surface area contributed by atoms with Gasteiger partial charge in [0.15, 0.2) is 12.6 Å². The van der Waals surface area contributed by atoms with Crippen molar-refractivity contribution in [2.45, 2.75) is 428 Å². The van der Waals surface area contributed by atoms with Crippen LogP contribution in [0.15, 0.2) is 97.2 Å². The van der Waals surface area contributed by atoms with Gasteiger partial charge in [-0.05, 0) is 77.0 Å². The lowest BCUT2D eigenvalue weighted by Crippen LogP contribution is -2.65. The summed E-state index contributed by atoms with van der Waals surface area (Å²) < 4.78 is 22.9. The number of aliphatic hydroxyl groups is 8. The van der Waals surface area contributed by atoms with Gasteiger partial charge in [-0.25, -0.2) is 0 Å². The van der Waals surface area contributed by atoms with Gasteiger partial charge in [0.25, 0.3) is 0 Å². The van der Waals surface area contributed by atoms with E-state index in [1.165, 1.54) is 244 Å². The van der Waals surface area contributed by atoms with Crippen LogP contribution < -0.4 is 5.32 Å². The average molecular weight is 1420 g/mol. The Hall–Kier alpha value is -3.09. The standard InChI is InChI=1S/C87H155NO13/c1-3-5-7-9-11-13-15-17-19-21-23-25-27-29-31-32-33-34-35-36-37-38-39-40-41-42-43-44-45-47-49-51-53-55-57-59-61-63-65-67-69-71-79(92)88-75(74-98-86-84(97)82(95)85(78(73-90)100-86)101-87-83(96)81(94)80(93)77(72-89)99-87)76(91)70-68-66-64-62-60-58-56-54-52-50-48-46-30-28-26-24-22-20-18-16-14-12-10-8-6-4-2/h5,7,11,13,17,19,23,25,29,31,33-34,36-37,68,70,75-78,80-87,89-91,93-97H,3-4,6,8-10,12,14-16,18,20-22,24,26-28,30,32,35,38-67,69,71-74H2,1-2H3,(H,88,92)/b7-5-,13-11-,19-17-,25-23-,31-29-,34-33-,37-36-,70-68+. The van der Waals surface area contributed by atoms with Crippen molar-refractivity contribution in [3.05, 3.63) is 97.2 Å². The van der Waals surface area contributed by atoms with E-state index in [2.05, 4.69) is 104 Å². The second-order valence-electron chi connectivity index (χ2n) is 29.2. The van der Waals surface area contributed by atoms with Crippen LogP contribution in [0, 0.1) is 0 Å². The summed E-state index contributed by atoms with van der Waals surface area (Å²) in [7, 11) is 0. The molecule has 0 radical (unpaired) electrons. The van der Waals surface area contributed by atoms with E-state index in [4.69, 9.17) is 18.9 Å². The molecule has 0 spiro atoms. The van der Waals surface area contributed by atoms with Crippen LogP contribution >= 0.6 is 0 Å². The predicted octanol–water partition coefficient (Wildman–Crippen LogP) is 19.6. The van der Waals surface area contributed by atoms with Crippen LogP contribution in [0.4, 0.5) is 0 Å². The molecule has 2 heterocycles. The Morgan fingerprint density at radius 1 is 0.366 bits per heavy atom. The number of ether oxygens (including phenoxy) is 4. The van der Waals surface area contributed by atoms with Gasteiger partial charge in [-0.2, -0.15) is 0 Å². The molecule has 0 aliphatic carbocycles. The van der Waals surface area contributed by atoms with E-state index < -0.39 is 86.8 Å². The molecule has 2 aliphatic rings. The second-order valence-corrected chi connectivity index (χ2v) is 29.2. The minimum atomic E-state index is -1.79. The van der Waals surface area contributed by atoms with E-state index in [0.717, 1.165) is 83.5 Å². The van der Waals surface area contributed by atoms with Crippen LogP contribution in [0.25, 0.3) is 0 Å². The van der Waals surface area contributed by atoms with E-state index in [9.17, 15) is 45.6 Å². The molecular weight excluding hydrogens is 1270 g/mol. The lowest BCUT2D eigenvalue weighted by Gasteiger charge is -2.46. The Labute approximate surface area is 617 Å². The molecular formula is C87H155NO13. The Morgan fingerprint density at radius 3 is 1.05 bits per heavy atom. The third-order valence-corrected chi connectivity index (χ3v) is 20.0. The van der Waals surface area contributed by atoms with Crippen LogP contribution in [0.3, 0.4) is 0 Å². The first kappa shape index (κ1) is 94.0. The second kappa shape index (κ2) is 69.9. The van der Waals surface area contributed by atoms with Crippen LogP contribution in [-0.2, 0) is 23.7 Å². The number of amides is 1. The molecule has 12 atom stereocenters. The topological polar surface area (TPSA) is 228 Å². The largest absolute Gasteiger partial charge is 0.394 e. The lowest BCUT2D eigenvalue weighted by atomic mass is 9.97. The van der Waals surface area contributed by atoms with Crippen molar-refractivity contribution in [3.8, 4) is 0 Å². The van der Waals surface area contributed by atoms with Gasteiger partial charge < -0.3 is 65.1 Å². The van der Waals surface area contributed by atoms with Gasteiger partial charge in [-0.3, -0.25) is 4.79 Å². The first-order valence-electron chi connectivity index (χ1n) is 42.0. The van der Waals surface area contributed by atoms with Gasteiger partial charge in [0.1, 0.15) is 48.8 Å². The number of hydrogen-bond acceptors (Lipinski definition) is 13. The maximum atomic E-state index is 13.4. The Morgan fingerprint density at radius 2 is 0.683 bits per heavy atom. The number of rotatable bonds is 70. The van der Waals surface area contributed by atoms with Gasteiger partial charge in [0.2, 0.25) is 5.91 Å². The van der Waals surface area contributed by atoms with E-state index in [1.54, 1.807) is 6.08 Å². The minimum Gasteiger partial charge on any atom is -0.394 e. The van der Waals surface area contributed by atoms with Crippen LogP contribution in [0.5, 0.6) is 0 Å². The van der Waals surface area contributed by atoms with E-state index in [0.29, 0.717) is 6.42 Å².